The average molecular weight is 598 g/mol. The number of nitrogens with zero attached hydrogens (tertiary/aromatic N) is 2. The van der Waals surface area contributed by atoms with Gasteiger partial charge < -0.3 is 10.2 Å². The number of sulfonamides is 1. The van der Waals surface area contributed by atoms with Gasteiger partial charge in [0.05, 0.1) is 11.9 Å². The summed E-state index contributed by atoms with van der Waals surface area (Å²) in [6, 6.07) is 22.9. The Morgan fingerprint density at radius 3 is 2.22 bits per heavy atom. The maximum Gasteiger partial charge on any atom is 0.244 e. The van der Waals surface area contributed by atoms with Crippen molar-refractivity contribution >= 4 is 39.1 Å². The minimum Gasteiger partial charge on any atom is -0.354 e. The SMILES string of the molecule is CCCCNC(=O)C(Cc1ccccc1)N(Cc1cccc(Cl)c1)C(=O)CN(c1ccccc1C(C)C)S(C)(=O)=O. The lowest BCUT2D eigenvalue weighted by molar-refractivity contribution is -0.140. The molecule has 0 spiro atoms. The fraction of sp³-hybridized carbons (Fsp3) is 0.375. The molecule has 2 amide bonds. The van der Waals surface area contributed by atoms with Gasteiger partial charge in [0.2, 0.25) is 21.8 Å². The van der Waals surface area contributed by atoms with Gasteiger partial charge in [-0.1, -0.05) is 99.5 Å². The molecule has 220 valence electrons. The van der Waals surface area contributed by atoms with Gasteiger partial charge in [0.25, 0.3) is 0 Å². The second kappa shape index (κ2) is 15.0. The summed E-state index contributed by atoms with van der Waals surface area (Å²) in [6.07, 6.45) is 3.08. The molecule has 3 aromatic carbocycles. The van der Waals surface area contributed by atoms with Gasteiger partial charge in [0.1, 0.15) is 12.6 Å². The summed E-state index contributed by atoms with van der Waals surface area (Å²) in [7, 11) is -3.84. The molecule has 1 unspecified atom stereocenters. The smallest absolute Gasteiger partial charge is 0.244 e. The summed E-state index contributed by atoms with van der Waals surface area (Å²) < 4.78 is 27.3. The van der Waals surface area contributed by atoms with Crippen LogP contribution in [-0.4, -0.2) is 50.5 Å². The van der Waals surface area contributed by atoms with Crippen molar-refractivity contribution < 1.29 is 18.0 Å². The largest absolute Gasteiger partial charge is 0.354 e. The van der Waals surface area contributed by atoms with Gasteiger partial charge in [0, 0.05) is 24.5 Å². The highest BCUT2D eigenvalue weighted by molar-refractivity contribution is 7.92. The Bertz CT molecular complexity index is 1410. The molecule has 1 atom stereocenters. The van der Waals surface area contributed by atoms with E-state index in [0.717, 1.165) is 40.1 Å². The average Bonchev–Trinajstić information content (AvgIpc) is 2.93. The number of carbonyl (C=O) groups excluding carboxylic acids is 2. The predicted molar refractivity (Wildman–Crippen MR) is 167 cm³/mol. The van der Waals surface area contributed by atoms with E-state index in [1.54, 1.807) is 30.3 Å². The fourth-order valence-electron chi connectivity index (χ4n) is 4.69. The van der Waals surface area contributed by atoms with Crippen LogP contribution in [0.4, 0.5) is 5.69 Å². The molecule has 7 nitrogen and oxygen atoms in total. The third kappa shape index (κ3) is 9.33. The van der Waals surface area contributed by atoms with Crippen LogP contribution in [-0.2, 0) is 32.6 Å². The van der Waals surface area contributed by atoms with E-state index in [2.05, 4.69) is 5.32 Å². The monoisotopic (exact) mass is 597 g/mol. The Kier molecular flexibility index (Phi) is 11.8. The normalized spacial score (nSPS) is 12.1. The molecular formula is C32H40ClN3O4S. The number of benzene rings is 3. The van der Waals surface area contributed by atoms with E-state index in [1.807, 2.05) is 69.3 Å². The Hall–Kier alpha value is -3.36. The van der Waals surface area contributed by atoms with E-state index >= 15 is 0 Å². The first-order valence-corrected chi connectivity index (χ1v) is 16.2. The molecule has 0 aromatic heterocycles. The number of rotatable bonds is 14. The van der Waals surface area contributed by atoms with Gasteiger partial charge in [-0.15, -0.1) is 0 Å². The zero-order chi connectivity index (χ0) is 30.0. The standard InChI is InChI=1S/C32H40ClN3O4S/c1-5-6-19-34-32(38)30(21-25-13-8-7-9-14-25)35(22-26-15-12-16-27(33)20-26)31(37)23-36(41(4,39)40)29-18-11-10-17-28(29)24(2)3/h7-18,20,24,30H,5-6,19,21-23H2,1-4H3,(H,34,38). The third-order valence-corrected chi connectivity index (χ3v) is 8.21. The van der Waals surface area contributed by atoms with Gasteiger partial charge in [0.15, 0.2) is 0 Å². The molecule has 0 saturated heterocycles. The molecule has 0 radical (unpaired) electrons. The van der Waals surface area contributed by atoms with Crippen LogP contribution < -0.4 is 9.62 Å². The van der Waals surface area contributed by atoms with Crippen molar-refractivity contribution in [2.24, 2.45) is 0 Å². The van der Waals surface area contributed by atoms with Gasteiger partial charge in [-0.2, -0.15) is 0 Å². The lowest BCUT2D eigenvalue weighted by Crippen LogP contribution is -2.53. The second-order valence-corrected chi connectivity index (χ2v) is 12.8. The van der Waals surface area contributed by atoms with Crippen LogP contribution in [0.3, 0.4) is 0 Å². The Morgan fingerprint density at radius 2 is 1.59 bits per heavy atom. The molecular weight excluding hydrogens is 558 g/mol. The van der Waals surface area contributed by atoms with Crippen molar-refractivity contribution in [3.63, 3.8) is 0 Å². The van der Waals surface area contributed by atoms with E-state index in [1.165, 1.54) is 4.90 Å². The van der Waals surface area contributed by atoms with E-state index in [4.69, 9.17) is 11.6 Å². The number of nitrogens with one attached hydrogen (secondary N) is 1. The van der Waals surface area contributed by atoms with Crippen LogP contribution in [0.25, 0.3) is 0 Å². The van der Waals surface area contributed by atoms with Crippen LogP contribution in [0, 0.1) is 0 Å². The molecule has 0 heterocycles. The summed E-state index contributed by atoms with van der Waals surface area (Å²) in [5.41, 5.74) is 2.88. The molecule has 0 aliphatic carbocycles. The number of hydrogen-bond acceptors (Lipinski definition) is 4. The van der Waals surface area contributed by atoms with Crippen molar-refractivity contribution in [1.82, 2.24) is 10.2 Å². The van der Waals surface area contributed by atoms with Crippen molar-refractivity contribution in [3.8, 4) is 0 Å². The molecule has 3 aromatic rings. The highest BCUT2D eigenvalue weighted by Crippen LogP contribution is 2.29. The number of carbonyl (C=O) groups is 2. The highest BCUT2D eigenvalue weighted by atomic mass is 35.5. The van der Waals surface area contributed by atoms with Crippen LogP contribution in [0.5, 0.6) is 0 Å². The number of anilines is 1. The molecule has 1 N–H and O–H groups in total. The van der Waals surface area contributed by atoms with Gasteiger partial charge in [-0.05, 0) is 47.2 Å². The maximum absolute atomic E-state index is 14.2. The van der Waals surface area contributed by atoms with Crippen molar-refractivity contribution in [2.75, 3.05) is 23.7 Å². The maximum atomic E-state index is 14.2. The molecule has 0 saturated carbocycles. The molecule has 41 heavy (non-hydrogen) atoms. The molecule has 0 fully saturated rings. The first-order chi connectivity index (χ1) is 19.5. The Balaban J connectivity index is 2.07. The summed E-state index contributed by atoms with van der Waals surface area (Å²) >= 11 is 6.27. The number of para-hydroxylation sites is 1. The van der Waals surface area contributed by atoms with Crippen LogP contribution in [0.15, 0.2) is 78.9 Å². The lowest BCUT2D eigenvalue weighted by atomic mass is 10.0. The topological polar surface area (TPSA) is 86.8 Å². The highest BCUT2D eigenvalue weighted by Gasteiger charge is 2.33. The summed E-state index contributed by atoms with van der Waals surface area (Å²) in [4.78, 5) is 29.4. The number of halogens is 1. The second-order valence-electron chi connectivity index (χ2n) is 10.5. The van der Waals surface area contributed by atoms with Crippen LogP contribution in [0.1, 0.15) is 56.2 Å². The summed E-state index contributed by atoms with van der Waals surface area (Å²) in [6.45, 7) is 6.11. The van der Waals surface area contributed by atoms with E-state index in [9.17, 15) is 18.0 Å². The first-order valence-electron chi connectivity index (χ1n) is 13.9. The van der Waals surface area contributed by atoms with E-state index in [-0.39, 0.29) is 24.8 Å². The number of amides is 2. The number of hydrogen-bond donors (Lipinski definition) is 1. The Labute approximate surface area is 249 Å². The van der Waals surface area contributed by atoms with Crippen molar-refractivity contribution in [3.05, 3.63) is 101 Å². The third-order valence-electron chi connectivity index (χ3n) is 6.85. The van der Waals surface area contributed by atoms with E-state index < -0.39 is 28.5 Å². The Morgan fingerprint density at radius 1 is 0.927 bits per heavy atom. The first kappa shape index (κ1) is 32.2. The predicted octanol–water partition coefficient (Wildman–Crippen LogP) is 5.79. The zero-order valence-corrected chi connectivity index (χ0v) is 25.8. The minimum atomic E-state index is -3.84. The fourth-order valence-corrected chi connectivity index (χ4v) is 5.77. The molecule has 9 heteroatoms. The van der Waals surface area contributed by atoms with Crippen LogP contribution in [0.2, 0.25) is 5.02 Å². The molecule has 0 aliphatic heterocycles. The lowest BCUT2D eigenvalue weighted by Gasteiger charge is -2.34. The van der Waals surface area contributed by atoms with E-state index in [0.29, 0.717) is 17.3 Å². The molecule has 3 rings (SSSR count). The molecule has 0 bridgehead atoms. The van der Waals surface area contributed by atoms with Crippen molar-refractivity contribution in [1.29, 1.82) is 0 Å². The van der Waals surface area contributed by atoms with Crippen molar-refractivity contribution in [2.45, 2.75) is 58.5 Å². The summed E-state index contributed by atoms with van der Waals surface area (Å²) in [5.74, 6) is -0.741. The van der Waals surface area contributed by atoms with Gasteiger partial charge >= 0.3 is 0 Å². The zero-order valence-electron chi connectivity index (χ0n) is 24.2. The van der Waals surface area contributed by atoms with Crippen LogP contribution >= 0.6 is 11.6 Å². The van der Waals surface area contributed by atoms with Gasteiger partial charge in [-0.25, -0.2) is 8.42 Å². The van der Waals surface area contributed by atoms with Gasteiger partial charge in [-0.3, -0.25) is 13.9 Å². The molecule has 0 aliphatic rings. The summed E-state index contributed by atoms with van der Waals surface area (Å²) in [5, 5.41) is 3.49. The quantitative estimate of drug-likeness (QED) is 0.238. The minimum absolute atomic E-state index is 0.0308. The number of unbranched alkanes of at least 4 members (excludes halogenated alkanes) is 1.